The van der Waals surface area contributed by atoms with Gasteiger partial charge in [-0.15, -0.1) is 0 Å². The van der Waals surface area contributed by atoms with Gasteiger partial charge >= 0.3 is 0 Å². The first kappa shape index (κ1) is 17.6. The van der Waals surface area contributed by atoms with Crippen LogP contribution in [-0.4, -0.2) is 22.7 Å². The van der Waals surface area contributed by atoms with E-state index in [2.05, 4.69) is 20.6 Å². The summed E-state index contributed by atoms with van der Waals surface area (Å²) in [7, 11) is 0. The number of anilines is 3. The Morgan fingerprint density at radius 2 is 1.71 bits per heavy atom. The van der Waals surface area contributed by atoms with Crippen molar-refractivity contribution in [3.63, 3.8) is 0 Å². The van der Waals surface area contributed by atoms with Gasteiger partial charge in [-0.1, -0.05) is 0 Å². The highest BCUT2D eigenvalue weighted by Crippen LogP contribution is 2.34. The van der Waals surface area contributed by atoms with Gasteiger partial charge in [-0.3, -0.25) is 4.79 Å². The fraction of sp³-hybridized carbons (Fsp3) is 0.0556. The number of fused-ring (bicyclic) bond motifs is 1. The van der Waals surface area contributed by atoms with Crippen LogP contribution < -0.4 is 20.1 Å². The van der Waals surface area contributed by atoms with E-state index in [9.17, 15) is 18.0 Å². The van der Waals surface area contributed by atoms with Gasteiger partial charge in [-0.05, 0) is 24.3 Å². The van der Waals surface area contributed by atoms with Crippen molar-refractivity contribution in [1.82, 2.24) is 9.97 Å². The van der Waals surface area contributed by atoms with Gasteiger partial charge in [0.05, 0.1) is 11.3 Å². The van der Waals surface area contributed by atoms with Crippen LogP contribution in [-0.2, 0) is 0 Å². The summed E-state index contributed by atoms with van der Waals surface area (Å²) in [5.74, 6) is -3.78. The van der Waals surface area contributed by atoms with E-state index in [1.165, 1.54) is 12.4 Å². The molecule has 2 heterocycles. The molecule has 28 heavy (non-hydrogen) atoms. The lowest BCUT2D eigenvalue weighted by molar-refractivity contribution is 0.102. The fourth-order valence-electron chi connectivity index (χ4n) is 2.43. The summed E-state index contributed by atoms with van der Waals surface area (Å²) in [6.07, 6.45) is 2.41. The summed E-state index contributed by atoms with van der Waals surface area (Å²) in [6.45, 7) is 0.119. The number of nitrogens with zero attached hydrogens (tertiary/aromatic N) is 2. The topological polar surface area (TPSA) is 85.4 Å². The number of carbonyl (C=O) groups is 1. The van der Waals surface area contributed by atoms with Crippen LogP contribution in [0.3, 0.4) is 0 Å². The van der Waals surface area contributed by atoms with Crippen LogP contribution in [0, 0.1) is 17.5 Å². The van der Waals surface area contributed by atoms with Crippen molar-refractivity contribution >= 4 is 23.2 Å². The highest BCUT2D eigenvalue weighted by molar-refractivity contribution is 6.04. The number of aromatic nitrogens is 2. The molecule has 10 heteroatoms. The van der Waals surface area contributed by atoms with Gasteiger partial charge in [0.2, 0.25) is 12.7 Å². The number of benzene rings is 2. The Hall–Kier alpha value is -3.82. The number of rotatable bonds is 4. The summed E-state index contributed by atoms with van der Waals surface area (Å²) in [5, 5.41) is 5.07. The number of carbonyl (C=O) groups excluding carboxylic acids is 1. The molecule has 0 atom stereocenters. The molecule has 0 spiro atoms. The molecular weight excluding hydrogens is 377 g/mol. The van der Waals surface area contributed by atoms with Gasteiger partial charge in [-0.25, -0.2) is 23.1 Å². The fourth-order valence-corrected chi connectivity index (χ4v) is 2.43. The minimum absolute atomic E-state index is 0.0930. The maximum absolute atomic E-state index is 13.7. The van der Waals surface area contributed by atoms with Crippen LogP contribution in [0.25, 0.3) is 0 Å². The molecule has 1 aromatic heterocycles. The number of nitrogens with one attached hydrogen (secondary N) is 2. The van der Waals surface area contributed by atoms with Crippen LogP contribution in [0.2, 0.25) is 0 Å². The Morgan fingerprint density at radius 1 is 0.964 bits per heavy atom. The van der Waals surface area contributed by atoms with Gasteiger partial charge in [0.1, 0.15) is 0 Å². The summed E-state index contributed by atoms with van der Waals surface area (Å²) in [6, 6.07) is 6.71. The summed E-state index contributed by atoms with van der Waals surface area (Å²) in [4.78, 5) is 20.0. The SMILES string of the molecule is O=C(Nc1ccc2c(c1)OCO2)c1cnc(Nc2ccc(F)c(F)c2F)nc1. The molecule has 2 aromatic carbocycles. The lowest BCUT2D eigenvalue weighted by atomic mass is 10.2. The molecule has 0 radical (unpaired) electrons. The molecule has 1 aliphatic heterocycles. The average Bonchev–Trinajstić information content (AvgIpc) is 3.17. The molecule has 2 N–H and O–H groups in total. The van der Waals surface area contributed by atoms with Crippen LogP contribution in [0.5, 0.6) is 11.5 Å². The van der Waals surface area contributed by atoms with E-state index in [0.717, 1.165) is 12.1 Å². The zero-order valence-corrected chi connectivity index (χ0v) is 14.0. The van der Waals surface area contributed by atoms with E-state index in [1.807, 2.05) is 0 Å². The molecule has 0 aliphatic carbocycles. The van der Waals surface area contributed by atoms with Gasteiger partial charge in [-0.2, -0.15) is 0 Å². The molecule has 3 aromatic rings. The summed E-state index contributed by atoms with van der Waals surface area (Å²) < 4.78 is 50.3. The standard InChI is InChI=1S/C18H11F3N4O3/c19-11-2-3-12(16(21)15(11)20)25-18-22-6-9(7-23-18)17(26)24-10-1-4-13-14(5-10)28-8-27-13/h1-7H,8H2,(H,24,26)(H,22,23,25). The van der Waals surface area contributed by atoms with Gasteiger partial charge < -0.3 is 20.1 Å². The van der Waals surface area contributed by atoms with Gasteiger partial charge in [0.15, 0.2) is 29.0 Å². The van der Waals surface area contributed by atoms with Crippen molar-refractivity contribution in [3.8, 4) is 11.5 Å². The van der Waals surface area contributed by atoms with E-state index in [1.54, 1.807) is 18.2 Å². The molecule has 0 fully saturated rings. The average molecular weight is 388 g/mol. The van der Waals surface area contributed by atoms with E-state index >= 15 is 0 Å². The molecule has 0 saturated carbocycles. The Morgan fingerprint density at radius 3 is 2.50 bits per heavy atom. The number of halogens is 3. The quantitative estimate of drug-likeness (QED) is 0.664. The molecule has 0 saturated heterocycles. The second-order valence-corrected chi connectivity index (χ2v) is 5.67. The molecule has 142 valence electrons. The maximum Gasteiger partial charge on any atom is 0.258 e. The van der Waals surface area contributed by atoms with Crippen molar-refractivity contribution in [2.75, 3.05) is 17.4 Å². The highest BCUT2D eigenvalue weighted by Gasteiger charge is 2.16. The second-order valence-electron chi connectivity index (χ2n) is 5.67. The van der Waals surface area contributed by atoms with Crippen LogP contribution in [0.4, 0.5) is 30.5 Å². The Balaban J connectivity index is 1.45. The lowest BCUT2D eigenvalue weighted by Gasteiger charge is -2.08. The first-order valence-electron chi connectivity index (χ1n) is 7.95. The van der Waals surface area contributed by atoms with Crippen molar-refractivity contribution in [2.45, 2.75) is 0 Å². The normalized spacial score (nSPS) is 12.0. The number of amides is 1. The Kier molecular flexibility index (Phi) is 4.44. The first-order valence-corrected chi connectivity index (χ1v) is 7.95. The molecule has 7 nitrogen and oxygen atoms in total. The van der Waals surface area contributed by atoms with E-state index in [4.69, 9.17) is 9.47 Å². The third-order valence-corrected chi connectivity index (χ3v) is 3.83. The third-order valence-electron chi connectivity index (χ3n) is 3.83. The van der Waals surface area contributed by atoms with Crippen molar-refractivity contribution in [1.29, 1.82) is 0 Å². The second kappa shape index (κ2) is 7.06. The maximum atomic E-state index is 13.7. The molecule has 0 bridgehead atoms. The number of hydrogen-bond donors (Lipinski definition) is 2. The molecule has 0 unspecified atom stereocenters. The van der Waals surface area contributed by atoms with Crippen LogP contribution in [0.15, 0.2) is 42.7 Å². The van der Waals surface area contributed by atoms with E-state index in [0.29, 0.717) is 17.2 Å². The van der Waals surface area contributed by atoms with Crippen LogP contribution in [0.1, 0.15) is 10.4 Å². The molecular formula is C18H11F3N4O3. The molecule has 4 rings (SSSR count). The zero-order chi connectivity index (χ0) is 19.7. The van der Waals surface area contributed by atoms with Crippen molar-refractivity contribution in [3.05, 3.63) is 65.7 Å². The Bertz CT molecular complexity index is 1060. The smallest absolute Gasteiger partial charge is 0.258 e. The number of hydrogen-bond acceptors (Lipinski definition) is 6. The predicted octanol–water partition coefficient (Wildman–Crippen LogP) is 3.62. The Labute approximate surface area is 156 Å². The largest absolute Gasteiger partial charge is 0.454 e. The third kappa shape index (κ3) is 3.39. The minimum Gasteiger partial charge on any atom is -0.454 e. The lowest BCUT2D eigenvalue weighted by Crippen LogP contribution is -2.13. The molecule has 1 amide bonds. The van der Waals surface area contributed by atoms with Crippen molar-refractivity contribution in [2.24, 2.45) is 0 Å². The molecule has 1 aliphatic rings. The van der Waals surface area contributed by atoms with E-state index < -0.39 is 23.4 Å². The zero-order valence-electron chi connectivity index (χ0n) is 14.0. The first-order chi connectivity index (χ1) is 13.5. The predicted molar refractivity (Wildman–Crippen MR) is 92.1 cm³/mol. The van der Waals surface area contributed by atoms with Crippen LogP contribution >= 0.6 is 0 Å². The highest BCUT2D eigenvalue weighted by atomic mass is 19.2. The summed E-state index contributed by atoms with van der Waals surface area (Å²) >= 11 is 0. The van der Waals surface area contributed by atoms with E-state index in [-0.39, 0.29) is 24.0 Å². The van der Waals surface area contributed by atoms with Gasteiger partial charge in [0.25, 0.3) is 5.91 Å². The monoisotopic (exact) mass is 388 g/mol. The minimum atomic E-state index is -1.61. The summed E-state index contributed by atoms with van der Waals surface area (Å²) in [5.41, 5.74) is 0.283. The number of ether oxygens (including phenoxy) is 2. The van der Waals surface area contributed by atoms with Gasteiger partial charge in [0, 0.05) is 24.1 Å². The van der Waals surface area contributed by atoms with Crippen molar-refractivity contribution < 1.29 is 27.4 Å².